The zero-order valence-electron chi connectivity index (χ0n) is 16.3. The molecule has 0 aromatic heterocycles. The van der Waals surface area contributed by atoms with Crippen molar-refractivity contribution < 1.29 is 24.2 Å². The number of amides is 1. The Balaban J connectivity index is 2.11. The van der Waals surface area contributed by atoms with Crippen molar-refractivity contribution in [3.05, 3.63) is 59.7 Å². The predicted octanol–water partition coefficient (Wildman–Crippen LogP) is 4.61. The largest absolute Gasteiger partial charge is 0.493 e. The van der Waals surface area contributed by atoms with E-state index in [4.69, 9.17) is 9.47 Å². The summed E-state index contributed by atoms with van der Waals surface area (Å²) in [6, 6.07) is 11.7. The minimum Gasteiger partial charge on any atom is -0.493 e. The molecule has 0 saturated carbocycles. The number of carbonyl (C=O) groups excluding carboxylic acids is 1. The van der Waals surface area contributed by atoms with Gasteiger partial charge in [-0.25, -0.2) is 4.79 Å². The maximum atomic E-state index is 12.2. The Morgan fingerprint density at radius 1 is 1.11 bits per heavy atom. The fourth-order valence-electron chi connectivity index (χ4n) is 2.65. The van der Waals surface area contributed by atoms with Gasteiger partial charge in [-0.15, -0.1) is 0 Å². The van der Waals surface area contributed by atoms with Crippen molar-refractivity contribution in [3.63, 3.8) is 0 Å². The van der Waals surface area contributed by atoms with E-state index < -0.39 is 11.9 Å². The molecule has 0 saturated heterocycles. The summed E-state index contributed by atoms with van der Waals surface area (Å²) in [5.74, 6) is -0.276. The van der Waals surface area contributed by atoms with Crippen molar-refractivity contribution in [2.45, 2.75) is 32.8 Å². The molecule has 0 atom stereocenters. The fraction of sp³-hybridized carbons (Fsp3) is 0.273. The lowest BCUT2D eigenvalue weighted by Gasteiger charge is -2.18. The molecule has 2 aromatic carbocycles. The Bertz CT molecular complexity index is 856. The fourth-order valence-corrected chi connectivity index (χ4v) is 2.65. The summed E-state index contributed by atoms with van der Waals surface area (Å²) < 4.78 is 11.3. The number of aromatic carboxylic acids is 1. The van der Waals surface area contributed by atoms with E-state index in [2.05, 4.69) is 19.2 Å². The quantitative estimate of drug-likeness (QED) is 0.618. The molecule has 2 N–H and O–H groups in total. The summed E-state index contributed by atoms with van der Waals surface area (Å²) in [6.07, 6.45) is 4.89. The van der Waals surface area contributed by atoms with Crippen LogP contribution in [0.1, 0.15) is 42.6 Å². The third-order valence-electron chi connectivity index (χ3n) is 4.23. The number of benzene rings is 2. The van der Waals surface area contributed by atoms with Crippen molar-refractivity contribution in [1.29, 1.82) is 0 Å². The lowest BCUT2D eigenvalue weighted by Crippen LogP contribution is -2.14. The molecule has 2 aromatic rings. The standard InChI is InChI=1S/C22H25NO5/c1-4-16(5-2)28-19-12-10-15(14-20(19)27-3)11-13-21(24)23-18-9-7-6-8-17(18)22(25)26/h6-14,16H,4-5H2,1-3H3,(H,23,24)(H,25,26)/b13-11+. The first kappa shape index (κ1) is 21.0. The molecule has 1 amide bonds. The van der Waals surface area contributed by atoms with Crippen LogP contribution in [0.15, 0.2) is 48.5 Å². The third kappa shape index (κ3) is 5.61. The van der Waals surface area contributed by atoms with Crippen molar-refractivity contribution in [3.8, 4) is 11.5 Å². The number of hydrogen-bond donors (Lipinski definition) is 2. The van der Waals surface area contributed by atoms with Gasteiger partial charge in [0.1, 0.15) is 0 Å². The molecule has 0 bridgehead atoms. The average molecular weight is 383 g/mol. The summed E-state index contributed by atoms with van der Waals surface area (Å²) >= 11 is 0. The van der Waals surface area contributed by atoms with E-state index in [1.165, 1.54) is 12.1 Å². The van der Waals surface area contributed by atoms with Crippen LogP contribution in [0.4, 0.5) is 5.69 Å². The molecule has 0 heterocycles. The van der Waals surface area contributed by atoms with Gasteiger partial charge in [-0.2, -0.15) is 0 Å². The molecule has 28 heavy (non-hydrogen) atoms. The van der Waals surface area contributed by atoms with Gasteiger partial charge in [-0.05, 0) is 48.7 Å². The number of carbonyl (C=O) groups is 2. The lowest BCUT2D eigenvalue weighted by atomic mass is 10.1. The molecule has 0 aliphatic rings. The van der Waals surface area contributed by atoms with E-state index in [0.717, 1.165) is 18.4 Å². The number of methoxy groups -OCH3 is 1. The Hall–Kier alpha value is -3.28. The van der Waals surface area contributed by atoms with E-state index >= 15 is 0 Å². The number of ether oxygens (including phenoxy) is 2. The van der Waals surface area contributed by atoms with Gasteiger partial charge in [-0.1, -0.05) is 32.0 Å². The van der Waals surface area contributed by atoms with Crippen LogP contribution in [-0.4, -0.2) is 30.2 Å². The smallest absolute Gasteiger partial charge is 0.337 e. The zero-order valence-corrected chi connectivity index (χ0v) is 16.3. The summed E-state index contributed by atoms with van der Waals surface area (Å²) in [6.45, 7) is 4.14. The average Bonchev–Trinajstić information content (AvgIpc) is 2.71. The minimum atomic E-state index is -1.10. The predicted molar refractivity (Wildman–Crippen MR) is 109 cm³/mol. The molecule has 0 radical (unpaired) electrons. The van der Waals surface area contributed by atoms with Crippen LogP contribution in [0.5, 0.6) is 11.5 Å². The highest BCUT2D eigenvalue weighted by atomic mass is 16.5. The second-order valence-corrected chi connectivity index (χ2v) is 6.14. The molecular formula is C22H25NO5. The maximum absolute atomic E-state index is 12.2. The van der Waals surface area contributed by atoms with Crippen LogP contribution in [0.2, 0.25) is 0 Å². The third-order valence-corrected chi connectivity index (χ3v) is 4.23. The highest BCUT2D eigenvalue weighted by Crippen LogP contribution is 2.30. The normalized spacial score (nSPS) is 10.9. The van der Waals surface area contributed by atoms with Gasteiger partial charge in [0.25, 0.3) is 0 Å². The molecule has 0 fully saturated rings. The first-order valence-corrected chi connectivity index (χ1v) is 9.14. The van der Waals surface area contributed by atoms with E-state index in [1.807, 2.05) is 12.1 Å². The number of carboxylic acids is 1. The summed E-state index contributed by atoms with van der Waals surface area (Å²) in [4.78, 5) is 23.4. The number of hydrogen-bond acceptors (Lipinski definition) is 4. The van der Waals surface area contributed by atoms with Crippen LogP contribution in [0.3, 0.4) is 0 Å². The highest BCUT2D eigenvalue weighted by Gasteiger charge is 2.12. The molecule has 148 valence electrons. The van der Waals surface area contributed by atoms with Gasteiger partial charge in [-0.3, -0.25) is 4.79 Å². The van der Waals surface area contributed by atoms with E-state index in [0.29, 0.717) is 11.5 Å². The zero-order chi connectivity index (χ0) is 20.5. The highest BCUT2D eigenvalue weighted by molar-refractivity contribution is 6.06. The first-order valence-electron chi connectivity index (χ1n) is 9.14. The first-order chi connectivity index (χ1) is 13.5. The van der Waals surface area contributed by atoms with Crippen molar-refractivity contribution >= 4 is 23.6 Å². The number of rotatable bonds is 9. The molecule has 6 heteroatoms. The Labute approximate surface area is 164 Å². The molecule has 0 spiro atoms. The van der Waals surface area contributed by atoms with E-state index in [9.17, 15) is 14.7 Å². The Morgan fingerprint density at radius 3 is 2.46 bits per heavy atom. The van der Waals surface area contributed by atoms with Crippen molar-refractivity contribution in [2.24, 2.45) is 0 Å². The van der Waals surface area contributed by atoms with Gasteiger partial charge in [0.15, 0.2) is 11.5 Å². The molecule has 6 nitrogen and oxygen atoms in total. The van der Waals surface area contributed by atoms with Crippen LogP contribution in [-0.2, 0) is 4.79 Å². The Kier molecular flexibility index (Phi) is 7.63. The van der Waals surface area contributed by atoms with Crippen molar-refractivity contribution in [2.75, 3.05) is 12.4 Å². The summed E-state index contributed by atoms with van der Waals surface area (Å²) in [5, 5.41) is 11.8. The van der Waals surface area contributed by atoms with Crippen LogP contribution in [0, 0.1) is 0 Å². The van der Waals surface area contributed by atoms with Gasteiger partial charge in [0.05, 0.1) is 24.5 Å². The van der Waals surface area contributed by atoms with Gasteiger partial charge < -0.3 is 19.9 Å². The minimum absolute atomic E-state index is 0.0359. The summed E-state index contributed by atoms with van der Waals surface area (Å²) in [5.41, 5.74) is 1.04. The summed E-state index contributed by atoms with van der Waals surface area (Å²) in [7, 11) is 1.57. The van der Waals surface area contributed by atoms with E-state index in [1.54, 1.807) is 37.5 Å². The van der Waals surface area contributed by atoms with Gasteiger partial charge in [0.2, 0.25) is 5.91 Å². The number of anilines is 1. The van der Waals surface area contributed by atoms with Gasteiger partial charge in [0, 0.05) is 6.08 Å². The second-order valence-electron chi connectivity index (χ2n) is 6.14. The molecule has 2 rings (SSSR count). The van der Waals surface area contributed by atoms with Crippen LogP contribution >= 0.6 is 0 Å². The number of carboxylic acid groups (broad SMARTS) is 1. The molecule has 0 aliphatic heterocycles. The van der Waals surface area contributed by atoms with Crippen LogP contribution in [0.25, 0.3) is 6.08 Å². The topological polar surface area (TPSA) is 84.9 Å². The maximum Gasteiger partial charge on any atom is 0.337 e. The molecular weight excluding hydrogens is 358 g/mol. The number of para-hydroxylation sites is 1. The van der Waals surface area contributed by atoms with Gasteiger partial charge >= 0.3 is 5.97 Å². The SMILES string of the molecule is CCC(CC)Oc1ccc(/C=C/C(=O)Nc2ccccc2C(=O)O)cc1OC. The molecule has 0 aliphatic carbocycles. The lowest BCUT2D eigenvalue weighted by molar-refractivity contribution is -0.111. The monoisotopic (exact) mass is 383 g/mol. The Morgan fingerprint density at radius 2 is 1.82 bits per heavy atom. The van der Waals surface area contributed by atoms with E-state index in [-0.39, 0.29) is 17.4 Å². The second kappa shape index (κ2) is 10.2. The molecule has 0 unspecified atom stereocenters. The van der Waals surface area contributed by atoms with Crippen molar-refractivity contribution in [1.82, 2.24) is 0 Å². The number of nitrogens with one attached hydrogen (secondary N) is 1. The van der Waals surface area contributed by atoms with Crippen LogP contribution < -0.4 is 14.8 Å².